The lowest BCUT2D eigenvalue weighted by Gasteiger charge is -2.23. The molecule has 2 heterocycles. The molecule has 1 aromatic heterocycles. The minimum Gasteiger partial charge on any atom is -0.321 e. The molecule has 1 saturated heterocycles. The molecule has 0 spiro atoms. The molecule has 8 heteroatoms. The normalized spacial score (nSPS) is 18.0. The Morgan fingerprint density at radius 2 is 2.00 bits per heavy atom. The number of thiophene rings is 1. The van der Waals surface area contributed by atoms with Crippen molar-refractivity contribution >= 4 is 84.1 Å². The fourth-order valence-electron chi connectivity index (χ4n) is 2.21. The molecule has 1 aromatic carbocycles. The predicted octanol–water partition coefficient (Wildman–Crippen LogP) is 6.47. The van der Waals surface area contributed by atoms with E-state index in [-0.39, 0.29) is 11.3 Å². The number of hydrogen-bond acceptors (Lipinski definition) is 3. The molecule has 0 aliphatic carbocycles. The van der Waals surface area contributed by atoms with Gasteiger partial charge in [0.2, 0.25) is 0 Å². The molecule has 22 heavy (non-hydrogen) atoms. The first kappa shape index (κ1) is 17.1. The van der Waals surface area contributed by atoms with Crippen molar-refractivity contribution in [2.45, 2.75) is 5.37 Å². The van der Waals surface area contributed by atoms with Gasteiger partial charge in [-0.1, -0.05) is 29.3 Å². The minimum atomic E-state index is -0.0260. The Kier molecular flexibility index (Phi) is 5.47. The molecule has 2 aromatic rings. The van der Waals surface area contributed by atoms with Gasteiger partial charge in [-0.25, -0.2) is 0 Å². The van der Waals surface area contributed by atoms with E-state index in [0.717, 1.165) is 26.1 Å². The average molecular weight is 502 g/mol. The van der Waals surface area contributed by atoms with Crippen LogP contribution in [0.2, 0.25) is 10.0 Å². The van der Waals surface area contributed by atoms with Crippen LogP contribution in [0.4, 0.5) is 0 Å². The number of halogens is 4. The zero-order valence-electron chi connectivity index (χ0n) is 11.0. The highest BCUT2D eigenvalue weighted by atomic mass is 79.9. The van der Waals surface area contributed by atoms with Crippen molar-refractivity contribution in [3.05, 3.63) is 53.0 Å². The van der Waals surface area contributed by atoms with Crippen LogP contribution >= 0.6 is 78.2 Å². The van der Waals surface area contributed by atoms with E-state index in [1.807, 2.05) is 23.1 Å². The molecule has 1 amide bonds. The van der Waals surface area contributed by atoms with Gasteiger partial charge in [-0.3, -0.25) is 4.79 Å². The molecule has 0 bridgehead atoms. The van der Waals surface area contributed by atoms with Crippen molar-refractivity contribution in [3.63, 3.8) is 0 Å². The summed E-state index contributed by atoms with van der Waals surface area (Å²) in [7, 11) is 0. The zero-order chi connectivity index (χ0) is 15.9. The van der Waals surface area contributed by atoms with E-state index in [2.05, 4.69) is 31.9 Å². The largest absolute Gasteiger partial charge is 0.321 e. The lowest BCUT2D eigenvalue weighted by molar-refractivity contribution is 0.0765. The maximum absolute atomic E-state index is 12.8. The van der Waals surface area contributed by atoms with Crippen LogP contribution in [0.15, 0.2) is 32.5 Å². The van der Waals surface area contributed by atoms with Crippen LogP contribution in [-0.2, 0) is 0 Å². The highest BCUT2D eigenvalue weighted by molar-refractivity contribution is 9.13. The Hall–Kier alpha value is 0.280. The summed E-state index contributed by atoms with van der Waals surface area (Å²) in [5.41, 5.74) is 1.000. The second kappa shape index (κ2) is 7.03. The first-order valence-electron chi connectivity index (χ1n) is 6.29. The third kappa shape index (κ3) is 3.37. The molecular formula is C14H9Br2Cl2NOS2. The molecule has 1 aliphatic heterocycles. The number of hydrogen-bond donors (Lipinski definition) is 0. The van der Waals surface area contributed by atoms with Gasteiger partial charge in [0.05, 0.1) is 18.7 Å². The van der Waals surface area contributed by atoms with Crippen LogP contribution in [-0.4, -0.2) is 23.1 Å². The van der Waals surface area contributed by atoms with Crippen molar-refractivity contribution in [1.29, 1.82) is 0 Å². The van der Waals surface area contributed by atoms with Gasteiger partial charge < -0.3 is 4.90 Å². The molecule has 0 unspecified atom stereocenters. The molecule has 3 rings (SSSR count). The first-order valence-corrected chi connectivity index (χ1v) is 10.5. The van der Waals surface area contributed by atoms with E-state index < -0.39 is 0 Å². The minimum absolute atomic E-state index is 0.0260. The highest BCUT2D eigenvalue weighted by Crippen LogP contribution is 2.42. The Labute approximate surface area is 163 Å². The number of amides is 1. The van der Waals surface area contributed by atoms with Crippen molar-refractivity contribution < 1.29 is 4.79 Å². The van der Waals surface area contributed by atoms with Gasteiger partial charge in [-0.2, -0.15) is 0 Å². The van der Waals surface area contributed by atoms with Crippen molar-refractivity contribution in [1.82, 2.24) is 4.90 Å². The molecule has 1 fully saturated rings. The van der Waals surface area contributed by atoms with Crippen LogP contribution in [0, 0.1) is 0 Å². The van der Waals surface area contributed by atoms with Gasteiger partial charge in [0.15, 0.2) is 0 Å². The Morgan fingerprint density at radius 3 is 2.64 bits per heavy atom. The molecule has 2 nitrogen and oxygen atoms in total. The van der Waals surface area contributed by atoms with Gasteiger partial charge in [0.1, 0.15) is 5.37 Å². The molecule has 0 radical (unpaired) electrons. The number of nitrogens with zero attached hydrogens (tertiary/aromatic N) is 1. The summed E-state index contributed by atoms with van der Waals surface area (Å²) in [6, 6.07) is 7.40. The third-order valence-electron chi connectivity index (χ3n) is 3.24. The monoisotopic (exact) mass is 499 g/mol. The molecular weight excluding hydrogens is 493 g/mol. The van der Waals surface area contributed by atoms with Gasteiger partial charge >= 0.3 is 0 Å². The van der Waals surface area contributed by atoms with E-state index in [4.69, 9.17) is 23.2 Å². The average Bonchev–Trinajstić information content (AvgIpc) is 3.09. The SMILES string of the molecule is O=C(c1cc(Br)c(Br)s1)N1CCS[C@@H]1c1ccc(Cl)c(Cl)c1. The van der Waals surface area contributed by atoms with Crippen molar-refractivity contribution in [2.24, 2.45) is 0 Å². The van der Waals surface area contributed by atoms with Gasteiger partial charge in [-0.15, -0.1) is 23.1 Å². The Bertz CT molecular complexity index is 718. The Balaban J connectivity index is 1.89. The number of rotatable bonds is 2. The second-order valence-electron chi connectivity index (χ2n) is 4.63. The predicted molar refractivity (Wildman–Crippen MR) is 102 cm³/mol. The summed E-state index contributed by atoms with van der Waals surface area (Å²) in [5.74, 6) is 0.946. The van der Waals surface area contributed by atoms with Crippen LogP contribution in [0.25, 0.3) is 0 Å². The summed E-state index contributed by atoms with van der Waals surface area (Å²) in [4.78, 5) is 15.4. The van der Waals surface area contributed by atoms with Crippen molar-refractivity contribution in [3.8, 4) is 0 Å². The molecule has 0 saturated carbocycles. The summed E-state index contributed by atoms with van der Waals surface area (Å²) in [6.45, 7) is 0.724. The first-order chi connectivity index (χ1) is 10.5. The van der Waals surface area contributed by atoms with Gasteiger partial charge in [-0.05, 0) is 55.6 Å². The van der Waals surface area contributed by atoms with E-state index in [9.17, 15) is 4.79 Å². The molecule has 0 N–H and O–H groups in total. The topological polar surface area (TPSA) is 20.3 Å². The smallest absolute Gasteiger partial charge is 0.265 e. The zero-order valence-corrected chi connectivity index (χ0v) is 17.3. The number of thioether (sulfide) groups is 1. The maximum atomic E-state index is 12.8. The lowest BCUT2D eigenvalue weighted by Crippen LogP contribution is -2.29. The van der Waals surface area contributed by atoms with Gasteiger partial charge in [0.25, 0.3) is 5.91 Å². The summed E-state index contributed by atoms with van der Waals surface area (Å²) in [6.07, 6.45) is 0. The number of carbonyl (C=O) groups excluding carboxylic acids is 1. The van der Waals surface area contributed by atoms with Gasteiger partial charge in [0, 0.05) is 16.8 Å². The van der Waals surface area contributed by atoms with Crippen LogP contribution in [0.3, 0.4) is 0 Å². The summed E-state index contributed by atoms with van der Waals surface area (Å²) in [5, 5.41) is 1.01. The summed E-state index contributed by atoms with van der Waals surface area (Å²) < 4.78 is 1.83. The quantitative estimate of drug-likeness (QED) is 0.470. The fraction of sp³-hybridized carbons (Fsp3) is 0.214. The summed E-state index contributed by atoms with van der Waals surface area (Å²) >= 11 is 22.1. The van der Waals surface area contributed by atoms with Crippen LogP contribution in [0.1, 0.15) is 20.6 Å². The third-order valence-corrected chi connectivity index (χ3v) is 8.48. The van der Waals surface area contributed by atoms with E-state index in [1.54, 1.807) is 17.8 Å². The number of benzene rings is 1. The number of carbonyl (C=O) groups is 1. The van der Waals surface area contributed by atoms with E-state index >= 15 is 0 Å². The Morgan fingerprint density at radius 1 is 1.23 bits per heavy atom. The fourth-order valence-corrected chi connectivity index (χ4v) is 5.76. The second-order valence-corrected chi connectivity index (χ2v) is 9.85. The van der Waals surface area contributed by atoms with E-state index in [0.29, 0.717) is 14.9 Å². The standard InChI is InChI=1S/C14H9Br2Cl2NOS2/c15-8-6-11(22-12(8)16)13(20)19-3-4-21-14(19)7-1-2-9(17)10(18)5-7/h1-2,5-6,14H,3-4H2/t14-/m1/s1. The molecule has 1 aliphatic rings. The van der Waals surface area contributed by atoms with Crippen molar-refractivity contribution in [2.75, 3.05) is 12.3 Å². The van der Waals surface area contributed by atoms with Crippen LogP contribution in [0.5, 0.6) is 0 Å². The lowest BCUT2D eigenvalue weighted by atomic mass is 10.2. The van der Waals surface area contributed by atoms with E-state index in [1.165, 1.54) is 11.3 Å². The molecule has 116 valence electrons. The molecule has 1 atom stereocenters. The highest BCUT2D eigenvalue weighted by Gasteiger charge is 2.32. The van der Waals surface area contributed by atoms with Crippen LogP contribution < -0.4 is 0 Å². The maximum Gasteiger partial charge on any atom is 0.265 e.